The van der Waals surface area contributed by atoms with Crippen LogP contribution >= 0.6 is 23.2 Å². The smallest absolute Gasteiger partial charge is 0.159 e. The van der Waals surface area contributed by atoms with E-state index in [0.717, 1.165) is 17.7 Å². The van der Waals surface area contributed by atoms with Crippen LogP contribution in [0.2, 0.25) is 10.0 Å². The van der Waals surface area contributed by atoms with Crippen LogP contribution in [0.25, 0.3) is 0 Å². The Bertz CT molecular complexity index is 620. The lowest BCUT2D eigenvalue weighted by molar-refractivity contribution is 0.497. The molecule has 20 heavy (non-hydrogen) atoms. The first kappa shape index (κ1) is 15.2. The van der Waals surface area contributed by atoms with Gasteiger partial charge in [-0.05, 0) is 41.8 Å². The molecule has 0 heterocycles. The Morgan fingerprint density at radius 2 is 1.75 bits per heavy atom. The fraction of sp³-hybridized carbons (Fsp3) is 0.143. The number of hydrazine groups is 1. The van der Waals surface area contributed by atoms with E-state index < -0.39 is 11.6 Å². The standard InChI is InChI=1S/C14H12Cl2F2N2/c15-10-3-1-8(5-11(10)16)6-14(20-19)9-2-4-12(17)13(18)7-9/h1-5,7,14,20H,6,19H2. The second kappa shape index (κ2) is 6.50. The summed E-state index contributed by atoms with van der Waals surface area (Å²) in [5.74, 6) is 3.69. The molecular weight excluding hydrogens is 305 g/mol. The number of halogens is 4. The lowest BCUT2D eigenvalue weighted by Crippen LogP contribution is -2.29. The summed E-state index contributed by atoms with van der Waals surface area (Å²) in [5.41, 5.74) is 4.02. The van der Waals surface area contributed by atoms with Crippen LogP contribution in [-0.4, -0.2) is 0 Å². The molecule has 0 bridgehead atoms. The van der Waals surface area contributed by atoms with Crippen molar-refractivity contribution in [1.29, 1.82) is 0 Å². The molecule has 0 saturated heterocycles. The van der Waals surface area contributed by atoms with Gasteiger partial charge in [0.2, 0.25) is 0 Å². The SMILES string of the molecule is NNC(Cc1ccc(Cl)c(Cl)c1)c1ccc(F)c(F)c1. The normalized spacial score (nSPS) is 12.4. The maximum atomic E-state index is 13.2. The van der Waals surface area contributed by atoms with Gasteiger partial charge in [0.05, 0.1) is 16.1 Å². The summed E-state index contributed by atoms with van der Waals surface area (Å²) in [6.45, 7) is 0. The molecule has 0 fully saturated rings. The van der Waals surface area contributed by atoms with Gasteiger partial charge < -0.3 is 0 Å². The van der Waals surface area contributed by atoms with Crippen LogP contribution in [0.3, 0.4) is 0 Å². The first-order valence-corrected chi connectivity index (χ1v) is 6.62. The number of benzene rings is 2. The van der Waals surface area contributed by atoms with Gasteiger partial charge in [-0.3, -0.25) is 11.3 Å². The molecule has 0 aliphatic carbocycles. The summed E-state index contributed by atoms with van der Waals surface area (Å²) in [6.07, 6.45) is 0.471. The summed E-state index contributed by atoms with van der Waals surface area (Å²) in [5, 5.41) is 0.894. The highest BCUT2D eigenvalue weighted by atomic mass is 35.5. The average Bonchev–Trinajstić information content (AvgIpc) is 2.43. The summed E-state index contributed by atoms with van der Waals surface area (Å²) < 4.78 is 26.2. The third-order valence-electron chi connectivity index (χ3n) is 2.97. The highest BCUT2D eigenvalue weighted by Gasteiger charge is 2.14. The maximum Gasteiger partial charge on any atom is 0.159 e. The van der Waals surface area contributed by atoms with E-state index in [1.54, 1.807) is 18.2 Å². The predicted molar refractivity (Wildman–Crippen MR) is 76.6 cm³/mol. The molecule has 0 aliphatic heterocycles. The Balaban J connectivity index is 2.23. The first-order valence-electron chi connectivity index (χ1n) is 5.86. The van der Waals surface area contributed by atoms with Crippen molar-refractivity contribution in [2.75, 3.05) is 0 Å². The van der Waals surface area contributed by atoms with Gasteiger partial charge in [0, 0.05) is 0 Å². The van der Waals surface area contributed by atoms with E-state index in [1.165, 1.54) is 6.07 Å². The van der Waals surface area contributed by atoms with E-state index in [9.17, 15) is 8.78 Å². The second-order valence-corrected chi connectivity index (χ2v) is 5.16. The van der Waals surface area contributed by atoms with Crippen molar-refractivity contribution in [1.82, 2.24) is 5.43 Å². The molecule has 0 amide bonds. The average molecular weight is 317 g/mol. The highest BCUT2D eigenvalue weighted by Crippen LogP contribution is 2.26. The molecule has 1 atom stereocenters. The summed E-state index contributed by atoms with van der Waals surface area (Å²) in [7, 11) is 0. The molecule has 0 aliphatic rings. The van der Waals surface area contributed by atoms with Crippen LogP contribution in [0, 0.1) is 11.6 Å². The van der Waals surface area contributed by atoms with Crippen molar-refractivity contribution in [2.45, 2.75) is 12.5 Å². The number of rotatable bonds is 4. The molecule has 3 N–H and O–H groups in total. The Morgan fingerprint density at radius 1 is 1.00 bits per heavy atom. The Labute approximate surface area is 125 Å². The summed E-state index contributed by atoms with van der Waals surface area (Å²) in [4.78, 5) is 0. The van der Waals surface area contributed by atoms with Crippen LogP contribution in [-0.2, 0) is 6.42 Å². The van der Waals surface area contributed by atoms with E-state index in [2.05, 4.69) is 5.43 Å². The van der Waals surface area contributed by atoms with E-state index in [1.807, 2.05) is 0 Å². The largest absolute Gasteiger partial charge is 0.271 e. The van der Waals surface area contributed by atoms with Gasteiger partial charge in [-0.2, -0.15) is 0 Å². The van der Waals surface area contributed by atoms with E-state index in [-0.39, 0.29) is 6.04 Å². The molecule has 0 aromatic heterocycles. The van der Waals surface area contributed by atoms with Crippen molar-refractivity contribution in [3.63, 3.8) is 0 Å². The van der Waals surface area contributed by atoms with Crippen molar-refractivity contribution in [3.05, 3.63) is 69.2 Å². The number of nitrogens with one attached hydrogen (secondary N) is 1. The van der Waals surface area contributed by atoms with E-state index in [0.29, 0.717) is 22.0 Å². The fourth-order valence-electron chi connectivity index (χ4n) is 1.90. The number of nitrogens with two attached hydrogens (primary N) is 1. The molecule has 2 nitrogen and oxygen atoms in total. The Kier molecular flexibility index (Phi) is 4.94. The number of hydrogen-bond acceptors (Lipinski definition) is 2. The Hall–Kier alpha value is -1.20. The van der Waals surface area contributed by atoms with Crippen molar-refractivity contribution in [2.24, 2.45) is 5.84 Å². The van der Waals surface area contributed by atoms with E-state index in [4.69, 9.17) is 29.0 Å². The van der Waals surface area contributed by atoms with Gasteiger partial charge in [-0.25, -0.2) is 8.78 Å². The van der Waals surface area contributed by atoms with Gasteiger partial charge in [-0.1, -0.05) is 35.3 Å². The minimum absolute atomic E-state index is 0.359. The Morgan fingerprint density at radius 3 is 2.35 bits per heavy atom. The zero-order chi connectivity index (χ0) is 14.7. The minimum atomic E-state index is -0.906. The predicted octanol–water partition coefficient (Wildman–Crippen LogP) is 4.02. The fourth-order valence-corrected chi connectivity index (χ4v) is 2.23. The zero-order valence-corrected chi connectivity index (χ0v) is 11.8. The first-order chi connectivity index (χ1) is 9.51. The molecule has 2 aromatic carbocycles. The van der Waals surface area contributed by atoms with Crippen molar-refractivity contribution < 1.29 is 8.78 Å². The van der Waals surface area contributed by atoms with Crippen molar-refractivity contribution >= 4 is 23.2 Å². The molecule has 0 spiro atoms. The van der Waals surface area contributed by atoms with Crippen LogP contribution in [0.4, 0.5) is 8.78 Å². The molecule has 2 aromatic rings. The lowest BCUT2D eigenvalue weighted by Gasteiger charge is -2.17. The highest BCUT2D eigenvalue weighted by molar-refractivity contribution is 6.42. The van der Waals surface area contributed by atoms with Crippen molar-refractivity contribution in [3.8, 4) is 0 Å². The molecular formula is C14H12Cl2F2N2. The van der Waals surface area contributed by atoms with Crippen LogP contribution < -0.4 is 11.3 Å². The van der Waals surface area contributed by atoms with Gasteiger partial charge in [-0.15, -0.1) is 0 Å². The maximum absolute atomic E-state index is 13.2. The monoisotopic (exact) mass is 316 g/mol. The van der Waals surface area contributed by atoms with Gasteiger partial charge >= 0.3 is 0 Å². The van der Waals surface area contributed by atoms with Gasteiger partial charge in [0.25, 0.3) is 0 Å². The summed E-state index contributed by atoms with van der Waals surface area (Å²) in [6, 6.07) is 8.52. The third-order valence-corrected chi connectivity index (χ3v) is 3.71. The minimum Gasteiger partial charge on any atom is -0.271 e. The third kappa shape index (κ3) is 3.46. The second-order valence-electron chi connectivity index (χ2n) is 4.35. The van der Waals surface area contributed by atoms with Crippen LogP contribution in [0.1, 0.15) is 17.2 Å². The quantitative estimate of drug-likeness (QED) is 0.660. The van der Waals surface area contributed by atoms with Crippen LogP contribution in [0.5, 0.6) is 0 Å². The van der Waals surface area contributed by atoms with Gasteiger partial charge in [0.15, 0.2) is 11.6 Å². The molecule has 2 rings (SSSR count). The van der Waals surface area contributed by atoms with Crippen LogP contribution in [0.15, 0.2) is 36.4 Å². The zero-order valence-electron chi connectivity index (χ0n) is 10.3. The number of hydrogen-bond donors (Lipinski definition) is 2. The molecule has 0 radical (unpaired) electrons. The molecule has 1 unspecified atom stereocenters. The topological polar surface area (TPSA) is 38.0 Å². The van der Waals surface area contributed by atoms with Gasteiger partial charge in [0.1, 0.15) is 0 Å². The summed E-state index contributed by atoms with van der Waals surface area (Å²) >= 11 is 11.8. The molecule has 106 valence electrons. The van der Waals surface area contributed by atoms with E-state index >= 15 is 0 Å². The lowest BCUT2D eigenvalue weighted by atomic mass is 9.99. The molecule has 6 heteroatoms. The molecule has 0 saturated carbocycles.